The summed E-state index contributed by atoms with van der Waals surface area (Å²) in [6.07, 6.45) is 2.21. The van der Waals surface area contributed by atoms with Crippen molar-refractivity contribution in [3.63, 3.8) is 0 Å². The lowest BCUT2D eigenvalue weighted by Crippen LogP contribution is -2.11. The summed E-state index contributed by atoms with van der Waals surface area (Å²) in [4.78, 5) is 21.1. The molecule has 112 valence electrons. The summed E-state index contributed by atoms with van der Waals surface area (Å²) in [5.41, 5.74) is 9.19. The van der Waals surface area contributed by atoms with Gasteiger partial charge in [-0.1, -0.05) is 0 Å². The molecule has 0 saturated heterocycles. The lowest BCUT2D eigenvalue weighted by Gasteiger charge is -2.10. The summed E-state index contributed by atoms with van der Waals surface area (Å²) in [6, 6.07) is 1.52. The Balaban J connectivity index is 2.02. The molecule has 2 rings (SSSR count). The first-order valence-electron chi connectivity index (χ1n) is 6.56. The van der Waals surface area contributed by atoms with Gasteiger partial charge in [0.1, 0.15) is 5.69 Å². The molecule has 21 heavy (non-hydrogen) atoms. The van der Waals surface area contributed by atoms with Crippen molar-refractivity contribution in [1.82, 2.24) is 9.97 Å². The summed E-state index contributed by atoms with van der Waals surface area (Å²) >= 11 is 1.59. The SMILES string of the molecule is CCOC(=O)c1ccnc(OCCc2scnc2C)c1N. The van der Waals surface area contributed by atoms with Crippen LogP contribution in [0.4, 0.5) is 5.69 Å². The molecule has 6 nitrogen and oxygen atoms in total. The number of thiazole rings is 1. The third kappa shape index (κ3) is 3.69. The second-order valence-corrected chi connectivity index (χ2v) is 5.20. The zero-order valence-corrected chi connectivity index (χ0v) is 12.8. The Kier molecular flexibility index (Phi) is 5.10. The van der Waals surface area contributed by atoms with Crippen molar-refractivity contribution in [2.75, 3.05) is 18.9 Å². The number of carbonyl (C=O) groups excluding carboxylic acids is 1. The van der Waals surface area contributed by atoms with Crippen molar-refractivity contribution >= 4 is 23.0 Å². The molecule has 0 saturated carbocycles. The van der Waals surface area contributed by atoms with Crippen molar-refractivity contribution in [1.29, 1.82) is 0 Å². The quantitative estimate of drug-likeness (QED) is 0.823. The van der Waals surface area contributed by atoms with Crippen LogP contribution in [0.15, 0.2) is 17.8 Å². The Bertz CT molecular complexity index is 628. The average molecular weight is 307 g/mol. The Hall–Kier alpha value is -2.15. The zero-order chi connectivity index (χ0) is 15.2. The predicted octanol–water partition coefficient (Wildman–Crippen LogP) is 2.23. The first kappa shape index (κ1) is 15.2. The van der Waals surface area contributed by atoms with Crippen LogP contribution in [-0.4, -0.2) is 29.2 Å². The van der Waals surface area contributed by atoms with E-state index < -0.39 is 5.97 Å². The average Bonchev–Trinajstić information content (AvgIpc) is 2.86. The maximum atomic E-state index is 11.7. The van der Waals surface area contributed by atoms with Gasteiger partial charge in [-0.15, -0.1) is 11.3 Å². The molecule has 0 atom stereocenters. The standard InChI is InChI=1S/C14H17N3O3S/c1-3-19-14(18)10-4-6-16-13(12(10)15)20-7-5-11-9(2)17-8-21-11/h4,6,8H,3,5,7,15H2,1-2H3. The van der Waals surface area contributed by atoms with E-state index in [0.29, 0.717) is 13.2 Å². The number of aromatic nitrogens is 2. The minimum Gasteiger partial charge on any atom is -0.476 e. The summed E-state index contributed by atoms with van der Waals surface area (Å²) in [7, 11) is 0. The molecule has 2 N–H and O–H groups in total. The second-order valence-electron chi connectivity index (χ2n) is 4.26. The van der Waals surface area contributed by atoms with Crippen LogP contribution in [0.2, 0.25) is 0 Å². The maximum absolute atomic E-state index is 11.7. The van der Waals surface area contributed by atoms with Gasteiger partial charge in [0, 0.05) is 17.5 Å². The van der Waals surface area contributed by atoms with Crippen LogP contribution in [0.3, 0.4) is 0 Å². The van der Waals surface area contributed by atoms with Crippen LogP contribution in [0.25, 0.3) is 0 Å². The van der Waals surface area contributed by atoms with Gasteiger partial charge in [0.15, 0.2) is 0 Å². The number of anilines is 1. The third-order valence-corrected chi connectivity index (χ3v) is 3.86. The van der Waals surface area contributed by atoms with Gasteiger partial charge in [0.25, 0.3) is 0 Å². The topological polar surface area (TPSA) is 87.3 Å². The highest BCUT2D eigenvalue weighted by Gasteiger charge is 2.15. The lowest BCUT2D eigenvalue weighted by atomic mass is 10.2. The van der Waals surface area contributed by atoms with Gasteiger partial charge in [0.05, 0.1) is 30.0 Å². The van der Waals surface area contributed by atoms with E-state index in [2.05, 4.69) is 9.97 Å². The highest BCUT2D eigenvalue weighted by atomic mass is 32.1. The molecule has 0 aliphatic rings. The van der Waals surface area contributed by atoms with Crippen LogP contribution in [0.5, 0.6) is 5.88 Å². The number of pyridine rings is 1. The van der Waals surface area contributed by atoms with Gasteiger partial charge >= 0.3 is 5.97 Å². The molecular formula is C14H17N3O3S. The number of carbonyl (C=O) groups is 1. The summed E-state index contributed by atoms with van der Waals surface area (Å²) in [5.74, 6) is -0.219. The Morgan fingerprint density at radius 1 is 1.43 bits per heavy atom. The molecule has 0 bridgehead atoms. The number of rotatable bonds is 6. The fourth-order valence-electron chi connectivity index (χ4n) is 1.76. The fourth-order valence-corrected chi connectivity index (χ4v) is 2.52. The summed E-state index contributed by atoms with van der Waals surface area (Å²) in [6.45, 7) is 4.41. The van der Waals surface area contributed by atoms with Crippen molar-refractivity contribution in [3.05, 3.63) is 33.9 Å². The molecule has 0 aromatic carbocycles. The van der Waals surface area contributed by atoms with Gasteiger partial charge in [0.2, 0.25) is 5.88 Å². The Labute approximate surface area is 126 Å². The van der Waals surface area contributed by atoms with E-state index in [1.807, 2.05) is 6.92 Å². The normalized spacial score (nSPS) is 10.4. The van der Waals surface area contributed by atoms with Gasteiger partial charge in [-0.25, -0.2) is 14.8 Å². The lowest BCUT2D eigenvalue weighted by molar-refractivity contribution is 0.0527. The Morgan fingerprint density at radius 2 is 2.24 bits per heavy atom. The molecular weight excluding hydrogens is 290 g/mol. The molecule has 0 unspecified atom stereocenters. The van der Waals surface area contributed by atoms with Crippen molar-refractivity contribution in [3.8, 4) is 5.88 Å². The molecule has 0 amide bonds. The minimum atomic E-state index is -0.472. The molecule has 7 heteroatoms. The van der Waals surface area contributed by atoms with Crippen molar-refractivity contribution in [2.24, 2.45) is 0 Å². The van der Waals surface area contributed by atoms with Crippen molar-refractivity contribution < 1.29 is 14.3 Å². The predicted molar refractivity (Wildman–Crippen MR) is 80.7 cm³/mol. The molecule has 0 aliphatic carbocycles. The Morgan fingerprint density at radius 3 is 2.90 bits per heavy atom. The highest BCUT2D eigenvalue weighted by Crippen LogP contribution is 2.23. The smallest absolute Gasteiger partial charge is 0.340 e. The molecule has 0 radical (unpaired) electrons. The highest BCUT2D eigenvalue weighted by molar-refractivity contribution is 7.09. The number of nitrogens with zero attached hydrogens (tertiary/aromatic N) is 2. The van der Waals surface area contributed by atoms with E-state index in [4.69, 9.17) is 15.2 Å². The van der Waals surface area contributed by atoms with Gasteiger partial charge < -0.3 is 15.2 Å². The van der Waals surface area contributed by atoms with Crippen LogP contribution < -0.4 is 10.5 Å². The molecule has 0 aliphatic heterocycles. The summed E-state index contributed by atoms with van der Waals surface area (Å²) in [5, 5.41) is 0. The number of aryl methyl sites for hydroxylation is 1. The van der Waals surface area contributed by atoms with Gasteiger partial charge in [-0.3, -0.25) is 0 Å². The van der Waals surface area contributed by atoms with Crippen molar-refractivity contribution in [2.45, 2.75) is 20.3 Å². The van der Waals surface area contributed by atoms with E-state index >= 15 is 0 Å². The third-order valence-electron chi connectivity index (χ3n) is 2.86. The molecule has 2 heterocycles. The van der Waals surface area contributed by atoms with E-state index in [-0.39, 0.29) is 17.1 Å². The van der Waals surface area contributed by atoms with E-state index in [1.54, 1.807) is 23.8 Å². The van der Waals surface area contributed by atoms with Crippen LogP contribution in [0, 0.1) is 6.92 Å². The molecule has 0 spiro atoms. The first-order chi connectivity index (χ1) is 10.1. The number of ether oxygens (including phenoxy) is 2. The van der Waals surface area contributed by atoms with E-state index in [1.165, 1.54) is 12.3 Å². The van der Waals surface area contributed by atoms with Crippen LogP contribution in [0.1, 0.15) is 27.9 Å². The van der Waals surface area contributed by atoms with E-state index in [0.717, 1.165) is 17.0 Å². The maximum Gasteiger partial charge on any atom is 0.340 e. The summed E-state index contributed by atoms with van der Waals surface area (Å²) < 4.78 is 10.5. The monoisotopic (exact) mass is 307 g/mol. The number of hydrogen-bond donors (Lipinski definition) is 1. The number of hydrogen-bond acceptors (Lipinski definition) is 7. The number of esters is 1. The van der Waals surface area contributed by atoms with E-state index in [9.17, 15) is 4.79 Å². The number of nitrogen functional groups attached to an aromatic ring is 1. The fraction of sp³-hybridized carbons (Fsp3) is 0.357. The number of nitrogens with two attached hydrogens (primary N) is 1. The molecule has 0 fully saturated rings. The largest absolute Gasteiger partial charge is 0.476 e. The molecule has 2 aromatic rings. The molecule has 2 aromatic heterocycles. The van der Waals surface area contributed by atoms with Crippen LogP contribution >= 0.6 is 11.3 Å². The first-order valence-corrected chi connectivity index (χ1v) is 7.44. The zero-order valence-electron chi connectivity index (χ0n) is 12.0. The van der Waals surface area contributed by atoms with Gasteiger partial charge in [-0.2, -0.15) is 0 Å². The second kappa shape index (κ2) is 7.03. The van der Waals surface area contributed by atoms with Gasteiger partial charge in [-0.05, 0) is 19.9 Å². The van der Waals surface area contributed by atoms with Crippen LogP contribution in [-0.2, 0) is 11.2 Å². The minimum absolute atomic E-state index is 0.206.